The van der Waals surface area contributed by atoms with E-state index in [9.17, 15) is 10.1 Å². The zero-order chi connectivity index (χ0) is 20.5. The van der Waals surface area contributed by atoms with Gasteiger partial charge in [0.25, 0.3) is 5.56 Å². The zero-order valence-electron chi connectivity index (χ0n) is 16.0. The van der Waals surface area contributed by atoms with Gasteiger partial charge < -0.3 is 0 Å². The number of hydrogen-bond donors (Lipinski definition) is 0. The Labute approximate surface area is 177 Å². The Morgan fingerprint density at radius 3 is 2.66 bits per heavy atom. The smallest absolute Gasteiger partial charge is 0.263 e. The van der Waals surface area contributed by atoms with Crippen LogP contribution in [0.3, 0.4) is 0 Å². The van der Waals surface area contributed by atoms with Gasteiger partial charge in [0, 0.05) is 21.9 Å². The van der Waals surface area contributed by atoms with Crippen LogP contribution in [0.4, 0.5) is 0 Å². The highest BCUT2D eigenvalue weighted by molar-refractivity contribution is 7.17. The van der Waals surface area contributed by atoms with Gasteiger partial charge in [0.1, 0.15) is 10.7 Å². The largest absolute Gasteiger partial charge is 0.291 e. The lowest BCUT2D eigenvalue weighted by molar-refractivity contribution is 0.635. The van der Waals surface area contributed by atoms with Crippen molar-refractivity contribution in [2.75, 3.05) is 0 Å². The summed E-state index contributed by atoms with van der Waals surface area (Å²) in [6, 6.07) is 17.0. The van der Waals surface area contributed by atoms with E-state index < -0.39 is 0 Å². The molecule has 0 bridgehead atoms. The Bertz CT molecular complexity index is 1300. The molecular formula is C23H18ClN3OS. The van der Waals surface area contributed by atoms with Crippen molar-refractivity contribution in [1.82, 2.24) is 9.55 Å². The van der Waals surface area contributed by atoms with Crippen LogP contribution in [0, 0.1) is 11.3 Å². The molecule has 0 atom stereocenters. The maximum atomic E-state index is 13.6. The van der Waals surface area contributed by atoms with Gasteiger partial charge in [0.15, 0.2) is 0 Å². The average molecular weight is 420 g/mol. The van der Waals surface area contributed by atoms with Crippen molar-refractivity contribution in [3.63, 3.8) is 0 Å². The molecular weight excluding hydrogens is 402 g/mol. The molecule has 2 aromatic heterocycles. The summed E-state index contributed by atoms with van der Waals surface area (Å²) < 4.78 is 1.73. The molecule has 0 N–H and O–H groups in total. The summed E-state index contributed by atoms with van der Waals surface area (Å²) in [7, 11) is 0. The minimum atomic E-state index is -0.0627. The van der Waals surface area contributed by atoms with Gasteiger partial charge >= 0.3 is 0 Å². The van der Waals surface area contributed by atoms with E-state index in [1.165, 1.54) is 11.3 Å². The molecule has 0 saturated carbocycles. The molecule has 0 radical (unpaired) electrons. The lowest BCUT2D eigenvalue weighted by Gasteiger charge is -2.15. The number of benzene rings is 2. The number of thiophene rings is 1. The maximum absolute atomic E-state index is 13.6. The molecule has 0 aliphatic carbocycles. The fraction of sp³-hybridized carbons (Fsp3) is 0.174. The first-order chi connectivity index (χ1) is 14.0. The molecule has 4 aromatic rings. The lowest BCUT2D eigenvalue weighted by atomic mass is 10.1. The molecule has 0 amide bonds. The highest BCUT2D eigenvalue weighted by atomic mass is 35.5. The molecule has 4 rings (SSSR count). The minimum Gasteiger partial charge on any atom is -0.291 e. The second kappa shape index (κ2) is 7.82. The number of rotatable bonds is 4. The third-order valence-corrected chi connectivity index (χ3v) is 5.92. The molecule has 6 heteroatoms. The summed E-state index contributed by atoms with van der Waals surface area (Å²) in [5.41, 5.74) is 3.22. The number of halogens is 1. The van der Waals surface area contributed by atoms with E-state index >= 15 is 0 Å². The Morgan fingerprint density at radius 2 is 1.97 bits per heavy atom. The second-order valence-electron chi connectivity index (χ2n) is 7.16. The molecule has 0 fully saturated rings. The topological polar surface area (TPSA) is 58.7 Å². The first kappa shape index (κ1) is 19.4. The van der Waals surface area contributed by atoms with E-state index in [4.69, 9.17) is 16.6 Å². The summed E-state index contributed by atoms with van der Waals surface area (Å²) in [5.74, 6) is 0.835. The van der Waals surface area contributed by atoms with Crippen LogP contribution in [0.25, 0.3) is 21.3 Å². The summed E-state index contributed by atoms with van der Waals surface area (Å²) in [4.78, 5) is 19.1. The number of fused-ring (bicyclic) bond motifs is 1. The third-order valence-electron chi connectivity index (χ3n) is 4.79. The first-order valence-corrected chi connectivity index (χ1v) is 10.5. The van der Waals surface area contributed by atoms with Gasteiger partial charge in [-0.3, -0.25) is 9.36 Å². The molecule has 0 aliphatic heterocycles. The van der Waals surface area contributed by atoms with E-state index in [0.717, 1.165) is 27.3 Å². The SMILES string of the molecule is CC(C)c1nc2scc(-c3ccc(Cl)cc3)c2c(=O)n1Cc1cccc(C#N)c1. The van der Waals surface area contributed by atoms with Gasteiger partial charge in [-0.1, -0.05) is 49.7 Å². The van der Waals surface area contributed by atoms with Crippen molar-refractivity contribution in [2.24, 2.45) is 0 Å². The molecule has 29 heavy (non-hydrogen) atoms. The van der Waals surface area contributed by atoms with Crippen LogP contribution in [0.2, 0.25) is 5.02 Å². The van der Waals surface area contributed by atoms with Crippen LogP contribution in [0.5, 0.6) is 0 Å². The Morgan fingerprint density at radius 1 is 1.21 bits per heavy atom. The van der Waals surface area contributed by atoms with Gasteiger partial charge in [-0.25, -0.2) is 4.98 Å². The maximum Gasteiger partial charge on any atom is 0.263 e. The summed E-state index contributed by atoms with van der Waals surface area (Å²) in [6.07, 6.45) is 0. The van der Waals surface area contributed by atoms with Crippen LogP contribution in [0.1, 0.15) is 36.7 Å². The second-order valence-corrected chi connectivity index (χ2v) is 8.46. The molecule has 0 unspecified atom stereocenters. The first-order valence-electron chi connectivity index (χ1n) is 9.25. The van der Waals surface area contributed by atoms with Crippen molar-refractivity contribution in [3.8, 4) is 17.2 Å². The van der Waals surface area contributed by atoms with E-state index in [1.807, 2.05) is 61.7 Å². The fourth-order valence-electron chi connectivity index (χ4n) is 3.40. The number of hydrogen-bond acceptors (Lipinski definition) is 4. The predicted octanol–water partition coefficient (Wildman–Crippen LogP) is 5.82. The average Bonchev–Trinajstić information content (AvgIpc) is 3.15. The van der Waals surface area contributed by atoms with Crippen molar-refractivity contribution < 1.29 is 0 Å². The summed E-state index contributed by atoms with van der Waals surface area (Å²) >= 11 is 7.50. The standard InChI is InChI=1S/C23H18ClN3OS/c1-14(2)21-26-22-20(19(13-29-22)17-6-8-18(24)9-7-17)23(28)27(21)12-16-5-3-4-15(10-16)11-25/h3-10,13-14H,12H2,1-2H3. The number of aromatic nitrogens is 2. The lowest BCUT2D eigenvalue weighted by Crippen LogP contribution is -2.26. The molecule has 144 valence electrons. The molecule has 0 aliphatic rings. The highest BCUT2D eigenvalue weighted by Crippen LogP contribution is 2.32. The van der Waals surface area contributed by atoms with Gasteiger partial charge in [-0.15, -0.1) is 11.3 Å². The monoisotopic (exact) mass is 419 g/mol. The Balaban J connectivity index is 1.92. The molecule has 0 saturated heterocycles. The van der Waals surface area contributed by atoms with Crippen molar-refractivity contribution in [3.05, 3.63) is 86.2 Å². The van der Waals surface area contributed by atoms with Crippen molar-refractivity contribution in [2.45, 2.75) is 26.3 Å². The van der Waals surface area contributed by atoms with Gasteiger partial charge in [-0.2, -0.15) is 5.26 Å². The van der Waals surface area contributed by atoms with Gasteiger partial charge in [-0.05, 0) is 35.4 Å². The Kier molecular flexibility index (Phi) is 5.23. The zero-order valence-corrected chi connectivity index (χ0v) is 17.6. The third kappa shape index (κ3) is 3.69. The normalized spacial score (nSPS) is 11.1. The number of nitriles is 1. The summed E-state index contributed by atoms with van der Waals surface area (Å²) in [6.45, 7) is 4.44. The van der Waals surface area contributed by atoms with E-state index in [2.05, 4.69) is 6.07 Å². The van der Waals surface area contributed by atoms with Crippen LogP contribution >= 0.6 is 22.9 Å². The minimum absolute atomic E-state index is 0.0627. The number of nitrogens with zero attached hydrogens (tertiary/aromatic N) is 3. The fourth-order valence-corrected chi connectivity index (χ4v) is 4.47. The molecule has 2 aromatic carbocycles. The van der Waals surface area contributed by atoms with E-state index in [0.29, 0.717) is 22.5 Å². The molecule has 0 spiro atoms. The summed E-state index contributed by atoms with van der Waals surface area (Å²) in [5, 5.41) is 12.4. The Hall–Kier alpha value is -2.94. The van der Waals surface area contributed by atoms with Gasteiger partial charge in [0.05, 0.1) is 23.6 Å². The van der Waals surface area contributed by atoms with E-state index in [-0.39, 0.29) is 11.5 Å². The predicted molar refractivity (Wildman–Crippen MR) is 119 cm³/mol. The van der Waals surface area contributed by atoms with Crippen LogP contribution in [-0.2, 0) is 6.54 Å². The van der Waals surface area contributed by atoms with E-state index in [1.54, 1.807) is 10.6 Å². The molecule has 2 heterocycles. The van der Waals surface area contributed by atoms with Gasteiger partial charge in [0.2, 0.25) is 0 Å². The van der Waals surface area contributed by atoms with Crippen LogP contribution in [0.15, 0.2) is 58.7 Å². The van der Waals surface area contributed by atoms with Crippen molar-refractivity contribution >= 4 is 33.2 Å². The molecule has 4 nitrogen and oxygen atoms in total. The van der Waals surface area contributed by atoms with Crippen LogP contribution in [-0.4, -0.2) is 9.55 Å². The van der Waals surface area contributed by atoms with Crippen molar-refractivity contribution in [1.29, 1.82) is 5.26 Å². The highest BCUT2D eigenvalue weighted by Gasteiger charge is 2.19. The quantitative estimate of drug-likeness (QED) is 0.418. The van der Waals surface area contributed by atoms with Crippen LogP contribution < -0.4 is 5.56 Å².